The third-order valence-corrected chi connectivity index (χ3v) is 8.34. The molecule has 0 unspecified atom stereocenters. The van der Waals surface area contributed by atoms with Crippen LogP contribution in [0.3, 0.4) is 0 Å². The number of aryl methyl sites for hydroxylation is 1. The van der Waals surface area contributed by atoms with E-state index < -0.39 is 28.5 Å². The molecule has 0 aliphatic carbocycles. The lowest BCUT2D eigenvalue weighted by Gasteiger charge is -2.32. The monoisotopic (exact) mass is 561 g/mol. The van der Waals surface area contributed by atoms with Gasteiger partial charge >= 0.3 is 0 Å². The van der Waals surface area contributed by atoms with Crippen LogP contribution in [0.25, 0.3) is 0 Å². The van der Waals surface area contributed by atoms with Crippen LogP contribution in [0, 0.1) is 6.92 Å². The van der Waals surface area contributed by atoms with Crippen LogP contribution in [0.4, 0.5) is 5.69 Å². The van der Waals surface area contributed by atoms with E-state index in [4.69, 9.17) is 23.2 Å². The molecule has 0 saturated heterocycles. The molecule has 0 fully saturated rings. The summed E-state index contributed by atoms with van der Waals surface area (Å²) in [6.07, 6.45) is 0. The first-order valence-corrected chi connectivity index (χ1v) is 13.9. The Morgan fingerprint density at radius 1 is 0.919 bits per heavy atom. The van der Waals surface area contributed by atoms with E-state index in [1.807, 2.05) is 6.92 Å². The minimum absolute atomic E-state index is 0.0425. The number of nitrogens with zero attached hydrogens (tertiary/aromatic N) is 2. The van der Waals surface area contributed by atoms with Gasteiger partial charge in [0.05, 0.1) is 10.6 Å². The van der Waals surface area contributed by atoms with E-state index in [2.05, 4.69) is 5.32 Å². The van der Waals surface area contributed by atoms with Gasteiger partial charge in [0, 0.05) is 28.7 Å². The molecule has 0 aliphatic heterocycles. The summed E-state index contributed by atoms with van der Waals surface area (Å²) >= 11 is 12.7. The molecule has 7 nitrogen and oxygen atoms in total. The van der Waals surface area contributed by atoms with E-state index in [9.17, 15) is 18.0 Å². The first kappa shape index (κ1) is 28.5. The summed E-state index contributed by atoms with van der Waals surface area (Å²) in [7, 11) is -4.11. The van der Waals surface area contributed by atoms with E-state index in [0.29, 0.717) is 27.8 Å². The highest BCUT2D eigenvalue weighted by Crippen LogP contribution is 2.28. The lowest BCUT2D eigenvalue weighted by molar-refractivity contribution is -0.139. The summed E-state index contributed by atoms with van der Waals surface area (Å²) in [4.78, 5) is 27.9. The molecule has 196 valence electrons. The Balaban J connectivity index is 2.05. The van der Waals surface area contributed by atoms with Crippen LogP contribution < -0.4 is 9.62 Å². The van der Waals surface area contributed by atoms with Gasteiger partial charge in [0.15, 0.2) is 0 Å². The summed E-state index contributed by atoms with van der Waals surface area (Å²) in [6.45, 7) is 4.99. The molecular formula is C27H29Cl2N3O4S. The van der Waals surface area contributed by atoms with Crippen LogP contribution in [-0.2, 0) is 26.2 Å². The molecule has 0 radical (unpaired) electrons. The molecule has 0 heterocycles. The number of amides is 2. The molecule has 0 aliphatic rings. The summed E-state index contributed by atoms with van der Waals surface area (Å²) in [5.74, 6) is -0.971. The van der Waals surface area contributed by atoms with Gasteiger partial charge < -0.3 is 10.2 Å². The number of benzene rings is 3. The van der Waals surface area contributed by atoms with Gasteiger partial charge in [-0.25, -0.2) is 8.42 Å². The number of rotatable bonds is 10. The number of likely N-dealkylation sites (N-methyl/N-ethyl adjacent to an activating group) is 1. The zero-order chi connectivity index (χ0) is 27.2. The van der Waals surface area contributed by atoms with E-state index in [1.165, 1.54) is 17.0 Å². The molecule has 0 spiro atoms. The van der Waals surface area contributed by atoms with Crippen molar-refractivity contribution in [1.82, 2.24) is 10.2 Å². The Morgan fingerprint density at radius 2 is 1.51 bits per heavy atom. The maximum Gasteiger partial charge on any atom is 0.264 e. The fourth-order valence-corrected chi connectivity index (χ4v) is 5.67. The van der Waals surface area contributed by atoms with Crippen molar-refractivity contribution >= 4 is 50.7 Å². The van der Waals surface area contributed by atoms with Gasteiger partial charge in [-0.15, -0.1) is 0 Å². The Labute approximate surface area is 228 Å². The SMILES string of the molecule is CCNC(=O)[C@H](C)N(Cc1c(Cl)cccc1Cl)C(=O)CN(c1ccc(C)cc1)S(=O)(=O)c1ccccc1. The predicted octanol–water partition coefficient (Wildman–Crippen LogP) is 5.05. The molecule has 0 bridgehead atoms. The standard InChI is InChI=1S/C27H29Cl2N3O4S/c1-4-30-27(34)20(3)31(17-23-24(28)11-8-12-25(23)29)26(33)18-32(21-15-13-19(2)14-16-21)37(35,36)22-9-6-5-7-10-22/h5-16,20H,4,17-18H2,1-3H3,(H,30,34)/t20-/m0/s1. The maximum absolute atomic E-state index is 13.8. The van der Waals surface area contributed by atoms with Gasteiger partial charge in [0.1, 0.15) is 12.6 Å². The number of carbonyl (C=O) groups is 2. The van der Waals surface area contributed by atoms with Crippen LogP contribution in [0.5, 0.6) is 0 Å². The Morgan fingerprint density at radius 3 is 2.08 bits per heavy atom. The van der Waals surface area contributed by atoms with E-state index >= 15 is 0 Å². The second-order valence-electron chi connectivity index (χ2n) is 8.45. The molecule has 10 heteroatoms. The summed E-state index contributed by atoms with van der Waals surface area (Å²) in [6, 6.07) is 18.8. The van der Waals surface area contributed by atoms with E-state index in [0.717, 1.165) is 9.87 Å². The predicted molar refractivity (Wildman–Crippen MR) is 147 cm³/mol. The molecule has 3 aromatic rings. The van der Waals surface area contributed by atoms with Crippen molar-refractivity contribution in [3.8, 4) is 0 Å². The first-order valence-electron chi connectivity index (χ1n) is 11.7. The molecule has 2 amide bonds. The summed E-state index contributed by atoms with van der Waals surface area (Å²) in [5, 5.41) is 3.38. The molecule has 0 aromatic heterocycles. The minimum atomic E-state index is -4.11. The summed E-state index contributed by atoms with van der Waals surface area (Å²) in [5.41, 5.74) is 1.72. The zero-order valence-corrected chi connectivity index (χ0v) is 23.1. The van der Waals surface area contributed by atoms with E-state index in [1.54, 1.807) is 74.5 Å². The molecule has 1 atom stereocenters. The largest absolute Gasteiger partial charge is 0.355 e. The number of hydrogen-bond acceptors (Lipinski definition) is 4. The molecule has 3 aromatic carbocycles. The second kappa shape index (κ2) is 12.4. The molecule has 1 N–H and O–H groups in total. The zero-order valence-electron chi connectivity index (χ0n) is 20.8. The average molecular weight is 563 g/mol. The van der Waals surface area contributed by atoms with Crippen LogP contribution >= 0.6 is 23.2 Å². The third-order valence-electron chi connectivity index (χ3n) is 5.84. The van der Waals surface area contributed by atoms with Gasteiger partial charge in [-0.05, 0) is 57.2 Å². The Bertz CT molecular complexity index is 1330. The average Bonchev–Trinajstić information content (AvgIpc) is 2.88. The van der Waals surface area contributed by atoms with Crippen molar-refractivity contribution in [2.24, 2.45) is 0 Å². The van der Waals surface area contributed by atoms with Gasteiger partial charge in [-0.3, -0.25) is 13.9 Å². The number of halogens is 2. The fraction of sp³-hybridized carbons (Fsp3) is 0.259. The number of sulfonamides is 1. The lowest BCUT2D eigenvalue weighted by atomic mass is 10.1. The van der Waals surface area contributed by atoms with E-state index in [-0.39, 0.29) is 17.3 Å². The lowest BCUT2D eigenvalue weighted by Crippen LogP contribution is -2.51. The normalized spacial score (nSPS) is 12.0. The second-order valence-corrected chi connectivity index (χ2v) is 11.1. The Kier molecular flexibility index (Phi) is 9.59. The van der Waals surface area contributed by atoms with Crippen molar-refractivity contribution < 1.29 is 18.0 Å². The number of carbonyl (C=O) groups excluding carboxylic acids is 2. The van der Waals surface area contributed by atoms with Crippen LogP contribution in [-0.4, -0.2) is 44.3 Å². The van der Waals surface area contributed by atoms with Crippen molar-refractivity contribution in [1.29, 1.82) is 0 Å². The number of nitrogens with one attached hydrogen (secondary N) is 1. The van der Waals surface area contributed by atoms with Gasteiger partial charge in [0.25, 0.3) is 10.0 Å². The quantitative estimate of drug-likeness (QED) is 0.375. The highest BCUT2D eigenvalue weighted by atomic mass is 35.5. The van der Waals surface area contributed by atoms with Crippen LogP contribution in [0.2, 0.25) is 10.0 Å². The highest BCUT2D eigenvalue weighted by molar-refractivity contribution is 7.92. The van der Waals surface area contributed by atoms with Gasteiger partial charge in [-0.2, -0.15) is 0 Å². The van der Waals surface area contributed by atoms with Crippen molar-refractivity contribution in [2.75, 3.05) is 17.4 Å². The van der Waals surface area contributed by atoms with Crippen molar-refractivity contribution in [3.05, 3.63) is 94.0 Å². The summed E-state index contributed by atoms with van der Waals surface area (Å²) < 4.78 is 28.4. The number of anilines is 1. The van der Waals surface area contributed by atoms with Crippen LogP contribution in [0.1, 0.15) is 25.0 Å². The van der Waals surface area contributed by atoms with Crippen LogP contribution in [0.15, 0.2) is 77.7 Å². The highest BCUT2D eigenvalue weighted by Gasteiger charge is 2.33. The van der Waals surface area contributed by atoms with Crippen molar-refractivity contribution in [3.63, 3.8) is 0 Å². The Hall–Kier alpha value is -3.07. The molecular weight excluding hydrogens is 533 g/mol. The van der Waals surface area contributed by atoms with Crippen molar-refractivity contribution in [2.45, 2.75) is 38.3 Å². The third kappa shape index (κ3) is 6.83. The molecule has 0 saturated carbocycles. The number of hydrogen-bond donors (Lipinski definition) is 1. The smallest absolute Gasteiger partial charge is 0.264 e. The first-order chi connectivity index (χ1) is 17.6. The topological polar surface area (TPSA) is 86.8 Å². The molecule has 37 heavy (non-hydrogen) atoms. The van der Waals surface area contributed by atoms with Gasteiger partial charge in [-0.1, -0.05) is 65.2 Å². The maximum atomic E-state index is 13.8. The fourth-order valence-electron chi connectivity index (χ4n) is 3.72. The molecule has 3 rings (SSSR count). The van der Waals surface area contributed by atoms with Gasteiger partial charge in [0.2, 0.25) is 11.8 Å². The minimum Gasteiger partial charge on any atom is -0.355 e.